The van der Waals surface area contributed by atoms with Crippen LogP contribution in [-0.2, 0) is 4.79 Å². The number of allylic oxidation sites excluding steroid dienone is 12. The van der Waals surface area contributed by atoms with E-state index in [1.165, 1.54) is 25.7 Å². The summed E-state index contributed by atoms with van der Waals surface area (Å²) in [6.45, 7) is 4.13. The normalized spacial score (nSPS) is 14.3. The van der Waals surface area contributed by atoms with Gasteiger partial charge in [-0.25, -0.2) is 0 Å². The molecule has 0 fully saturated rings. The Morgan fingerprint density at radius 2 is 1.13 bits per heavy atom. The quantitative estimate of drug-likeness (QED) is 0.0757. The van der Waals surface area contributed by atoms with Gasteiger partial charge in [0.2, 0.25) is 5.91 Å². The summed E-state index contributed by atoms with van der Waals surface area (Å²) in [4.78, 5) is 12.2. The number of amides is 1. The number of nitrogens with one attached hydrogen (secondary N) is 1. The van der Waals surface area contributed by atoms with Gasteiger partial charge in [0, 0.05) is 6.42 Å². The van der Waals surface area contributed by atoms with Crippen molar-refractivity contribution in [2.24, 2.45) is 0 Å². The molecule has 3 N–H and O–H groups in total. The topological polar surface area (TPSA) is 69.6 Å². The van der Waals surface area contributed by atoms with E-state index in [1.54, 1.807) is 0 Å². The number of aliphatic hydroxyl groups excluding tert-OH is 2. The fourth-order valence-electron chi connectivity index (χ4n) is 4.06. The van der Waals surface area contributed by atoms with Crippen molar-refractivity contribution in [3.05, 3.63) is 72.9 Å². The zero-order valence-electron chi connectivity index (χ0n) is 25.1. The van der Waals surface area contributed by atoms with Crippen LogP contribution >= 0.6 is 0 Å². The van der Waals surface area contributed by atoms with Crippen LogP contribution in [0, 0.1) is 0 Å². The minimum atomic E-state index is -0.677. The molecule has 0 bridgehead atoms. The molecule has 0 aromatic heterocycles. The average Bonchev–Trinajstić information content (AvgIpc) is 2.94. The van der Waals surface area contributed by atoms with Gasteiger partial charge >= 0.3 is 0 Å². The predicted molar refractivity (Wildman–Crippen MR) is 170 cm³/mol. The van der Waals surface area contributed by atoms with E-state index in [2.05, 4.69) is 92.1 Å². The number of carbonyl (C=O) groups excluding carboxylic acids is 1. The molecular formula is C35H59NO3. The standard InChI is InChI=1S/C35H59NO3/c1-3-5-7-9-11-12-13-14-15-16-17-18-19-20-21-22-23-24-25-27-29-31-35(39)36-33(32-37)34(38)30-28-26-10-8-6-4-2/h5,7,11-12,14-15,17-18,20-21,23-24,33-34,37-38H,3-4,6,8-10,13,16,19,22,25-32H2,1-2H3,(H,36,39)/b7-5-,12-11-,15-14-,18-17-,21-20-,24-23-. The van der Waals surface area contributed by atoms with Gasteiger partial charge in [0.05, 0.1) is 18.8 Å². The van der Waals surface area contributed by atoms with Gasteiger partial charge in [-0.05, 0) is 64.2 Å². The first kappa shape index (κ1) is 36.8. The third-order valence-electron chi connectivity index (χ3n) is 6.48. The fraction of sp³-hybridized carbons (Fsp3) is 0.629. The molecule has 39 heavy (non-hydrogen) atoms. The van der Waals surface area contributed by atoms with Crippen molar-refractivity contribution in [3.63, 3.8) is 0 Å². The van der Waals surface area contributed by atoms with Crippen LogP contribution in [0.15, 0.2) is 72.9 Å². The van der Waals surface area contributed by atoms with Gasteiger partial charge in [0.25, 0.3) is 0 Å². The molecule has 0 aliphatic carbocycles. The van der Waals surface area contributed by atoms with E-state index < -0.39 is 12.1 Å². The highest BCUT2D eigenvalue weighted by molar-refractivity contribution is 5.76. The molecule has 0 aromatic rings. The van der Waals surface area contributed by atoms with Crippen LogP contribution in [0.25, 0.3) is 0 Å². The summed E-state index contributed by atoms with van der Waals surface area (Å²) in [6, 6.07) is -0.559. The molecule has 0 aliphatic rings. The number of hydrogen-bond acceptors (Lipinski definition) is 3. The molecule has 0 saturated heterocycles. The molecule has 0 aromatic carbocycles. The maximum absolute atomic E-state index is 12.2. The highest BCUT2D eigenvalue weighted by atomic mass is 16.3. The van der Waals surface area contributed by atoms with Crippen LogP contribution < -0.4 is 5.32 Å². The van der Waals surface area contributed by atoms with Crippen molar-refractivity contribution in [2.45, 2.75) is 135 Å². The van der Waals surface area contributed by atoms with E-state index in [0.29, 0.717) is 12.8 Å². The molecule has 4 nitrogen and oxygen atoms in total. The predicted octanol–water partition coefficient (Wildman–Crippen LogP) is 8.83. The van der Waals surface area contributed by atoms with Crippen LogP contribution in [0.4, 0.5) is 0 Å². The minimum Gasteiger partial charge on any atom is -0.394 e. The van der Waals surface area contributed by atoms with E-state index in [4.69, 9.17) is 0 Å². The van der Waals surface area contributed by atoms with Crippen LogP contribution in [0.5, 0.6) is 0 Å². The lowest BCUT2D eigenvalue weighted by molar-refractivity contribution is -0.123. The second-order valence-electron chi connectivity index (χ2n) is 10.1. The number of rotatable bonds is 26. The highest BCUT2D eigenvalue weighted by Gasteiger charge is 2.19. The number of hydrogen-bond donors (Lipinski definition) is 3. The second kappa shape index (κ2) is 30.4. The summed E-state index contributed by atoms with van der Waals surface area (Å²) in [7, 11) is 0. The Balaban J connectivity index is 3.75. The molecule has 0 aliphatic heterocycles. The lowest BCUT2D eigenvalue weighted by atomic mass is 10.0. The number of unbranched alkanes of at least 4 members (excludes halogenated alkanes) is 7. The van der Waals surface area contributed by atoms with E-state index in [-0.39, 0.29) is 12.5 Å². The molecule has 0 radical (unpaired) electrons. The lowest BCUT2D eigenvalue weighted by Crippen LogP contribution is -2.45. The molecule has 222 valence electrons. The Kier molecular flexibility index (Phi) is 28.7. The maximum atomic E-state index is 12.2. The summed E-state index contributed by atoms with van der Waals surface area (Å²) in [5.74, 6) is -0.0844. The van der Waals surface area contributed by atoms with Crippen LogP contribution in [0.3, 0.4) is 0 Å². The monoisotopic (exact) mass is 541 g/mol. The molecule has 1 amide bonds. The average molecular weight is 542 g/mol. The summed E-state index contributed by atoms with van der Waals surface area (Å²) in [5, 5.41) is 22.7. The third-order valence-corrected chi connectivity index (χ3v) is 6.48. The summed E-state index contributed by atoms with van der Waals surface area (Å²) in [5.41, 5.74) is 0. The molecule has 2 unspecified atom stereocenters. The van der Waals surface area contributed by atoms with Crippen molar-refractivity contribution < 1.29 is 15.0 Å². The maximum Gasteiger partial charge on any atom is 0.220 e. The first-order valence-electron chi connectivity index (χ1n) is 15.6. The first-order chi connectivity index (χ1) is 19.2. The molecular weight excluding hydrogens is 482 g/mol. The molecule has 0 heterocycles. The minimum absolute atomic E-state index is 0.0844. The molecule has 0 spiro atoms. The smallest absolute Gasteiger partial charge is 0.220 e. The molecule has 0 rings (SSSR count). The largest absolute Gasteiger partial charge is 0.394 e. The summed E-state index contributed by atoms with van der Waals surface area (Å²) < 4.78 is 0. The summed E-state index contributed by atoms with van der Waals surface area (Å²) >= 11 is 0. The van der Waals surface area contributed by atoms with E-state index >= 15 is 0 Å². The highest BCUT2D eigenvalue weighted by Crippen LogP contribution is 2.11. The SMILES string of the molecule is CC/C=C\C/C=C\C/C=C\C/C=C\C/C=C\C/C=C\CCCCC(=O)NC(CO)C(O)CCCCCCCC. The van der Waals surface area contributed by atoms with Crippen LogP contribution in [0.1, 0.15) is 123 Å². The van der Waals surface area contributed by atoms with Crippen LogP contribution in [0.2, 0.25) is 0 Å². The van der Waals surface area contributed by atoms with Crippen LogP contribution in [-0.4, -0.2) is 34.9 Å². The van der Waals surface area contributed by atoms with Gasteiger partial charge in [-0.1, -0.05) is 125 Å². The number of carbonyl (C=O) groups is 1. The van der Waals surface area contributed by atoms with Gasteiger partial charge in [0.1, 0.15) is 0 Å². The Labute approximate surface area is 240 Å². The van der Waals surface area contributed by atoms with Gasteiger partial charge < -0.3 is 15.5 Å². The third kappa shape index (κ3) is 27.2. The molecule has 4 heteroatoms. The Hall–Kier alpha value is -2.17. The Morgan fingerprint density at radius 1 is 0.641 bits per heavy atom. The van der Waals surface area contributed by atoms with Gasteiger partial charge in [-0.3, -0.25) is 4.79 Å². The van der Waals surface area contributed by atoms with Gasteiger partial charge in [-0.2, -0.15) is 0 Å². The lowest BCUT2D eigenvalue weighted by Gasteiger charge is -2.22. The Bertz CT molecular complexity index is 717. The molecule has 0 saturated carbocycles. The van der Waals surface area contributed by atoms with Gasteiger partial charge in [-0.15, -0.1) is 0 Å². The molecule has 2 atom stereocenters. The van der Waals surface area contributed by atoms with E-state index in [1.807, 2.05) is 0 Å². The van der Waals surface area contributed by atoms with E-state index in [0.717, 1.165) is 70.6 Å². The van der Waals surface area contributed by atoms with E-state index in [9.17, 15) is 15.0 Å². The first-order valence-corrected chi connectivity index (χ1v) is 15.6. The second-order valence-corrected chi connectivity index (χ2v) is 10.1. The van der Waals surface area contributed by atoms with Crippen molar-refractivity contribution in [2.75, 3.05) is 6.61 Å². The summed E-state index contributed by atoms with van der Waals surface area (Å²) in [6.07, 6.45) is 42.5. The zero-order valence-corrected chi connectivity index (χ0v) is 25.1. The van der Waals surface area contributed by atoms with Crippen molar-refractivity contribution >= 4 is 5.91 Å². The van der Waals surface area contributed by atoms with Gasteiger partial charge in [0.15, 0.2) is 0 Å². The Morgan fingerprint density at radius 3 is 1.64 bits per heavy atom. The van der Waals surface area contributed by atoms with Crippen molar-refractivity contribution in [3.8, 4) is 0 Å². The van der Waals surface area contributed by atoms with Crippen molar-refractivity contribution in [1.29, 1.82) is 0 Å². The van der Waals surface area contributed by atoms with Crippen molar-refractivity contribution in [1.82, 2.24) is 5.32 Å². The fourth-order valence-corrected chi connectivity index (χ4v) is 4.06. The number of aliphatic hydroxyl groups is 2. The zero-order chi connectivity index (χ0) is 28.7.